The molecule has 148 valence electrons. The summed E-state index contributed by atoms with van der Waals surface area (Å²) >= 11 is 6.53. The van der Waals surface area contributed by atoms with Gasteiger partial charge in [0.25, 0.3) is 0 Å². The summed E-state index contributed by atoms with van der Waals surface area (Å²) in [6, 6.07) is 22.2. The number of aryl methyl sites for hydroxylation is 1. The molecule has 0 aliphatic heterocycles. The van der Waals surface area contributed by atoms with Gasteiger partial charge in [-0.25, -0.2) is 9.97 Å². The molecule has 3 aromatic carbocycles. The lowest BCUT2D eigenvalue weighted by molar-refractivity contribution is 1.15. The van der Waals surface area contributed by atoms with E-state index in [1.54, 1.807) is 6.20 Å². The summed E-state index contributed by atoms with van der Waals surface area (Å²) in [5, 5.41) is 4.11. The van der Waals surface area contributed by atoms with E-state index in [1.807, 2.05) is 65.9 Å². The average Bonchev–Trinajstić information content (AvgIpc) is 3.18. The van der Waals surface area contributed by atoms with Gasteiger partial charge in [-0.2, -0.15) is 0 Å². The van der Waals surface area contributed by atoms with Gasteiger partial charge in [0.15, 0.2) is 0 Å². The van der Waals surface area contributed by atoms with E-state index in [9.17, 15) is 0 Å². The molecular weight excluding hydrogens is 394 g/mol. The number of hydrogen-bond acceptors (Lipinski definition) is 4. The highest BCUT2D eigenvalue weighted by Crippen LogP contribution is 2.34. The second-order valence-corrected chi connectivity index (χ2v) is 7.68. The summed E-state index contributed by atoms with van der Waals surface area (Å²) in [6.07, 6.45) is 1.75. The lowest BCUT2D eigenvalue weighted by Crippen LogP contribution is -2.02. The first-order valence-electron chi connectivity index (χ1n) is 9.72. The molecule has 0 atom stereocenters. The molecule has 0 unspecified atom stereocenters. The Bertz CT molecular complexity index is 1360. The highest BCUT2D eigenvalue weighted by molar-refractivity contribution is 6.33. The predicted molar refractivity (Wildman–Crippen MR) is 124 cm³/mol. The van der Waals surface area contributed by atoms with E-state index in [2.05, 4.69) is 27.4 Å². The molecule has 5 nitrogen and oxygen atoms in total. The van der Waals surface area contributed by atoms with Crippen LogP contribution < -0.4 is 11.1 Å². The second kappa shape index (κ2) is 7.35. The normalized spacial score (nSPS) is 11.3. The van der Waals surface area contributed by atoms with Crippen LogP contribution in [0.3, 0.4) is 0 Å². The van der Waals surface area contributed by atoms with Crippen LogP contribution in [0.25, 0.3) is 27.9 Å². The van der Waals surface area contributed by atoms with E-state index in [0.717, 1.165) is 45.7 Å². The van der Waals surface area contributed by atoms with Gasteiger partial charge in [0.2, 0.25) is 0 Å². The van der Waals surface area contributed by atoms with Crippen LogP contribution in [0, 0.1) is 6.92 Å². The molecular formula is C24H20ClN5. The van der Waals surface area contributed by atoms with Gasteiger partial charge < -0.3 is 11.1 Å². The molecule has 0 radical (unpaired) electrons. The van der Waals surface area contributed by atoms with Crippen LogP contribution in [0.1, 0.15) is 11.1 Å². The fraction of sp³-hybridized carbons (Fsp3) is 0.0833. The standard InChI is InChI=1S/C24H20ClN5/c1-15-6-5-9-18(25)22(15)24-28-14-21-23(26)29-19-12-17(10-11-20(19)30(21)24)27-13-16-7-3-2-4-8-16/h2-12,14,27H,13H2,1H3,(H2,26,29). The van der Waals surface area contributed by atoms with Gasteiger partial charge in [0, 0.05) is 17.8 Å². The summed E-state index contributed by atoms with van der Waals surface area (Å²) in [7, 11) is 0. The Hall–Kier alpha value is -3.57. The number of rotatable bonds is 4. The number of fused-ring (bicyclic) bond motifs is 3. The van der Waals surface area contributed by atoms with Crippen molar-refractivity contribution in [1.29, 1.82) is 0 Å². The molecule has 5 rings (SSSR count). The Morgan fingerprint density at radius 1 is 1.00 bits per heavy atom. The Balaban J connectivity index is 1.63. The minimum Gasteiger partial charge on any atom is -0.382 e. The molecule has 0 fully saturated rings. The number of nitrogens with two attached hydrogens (primary N) is 1. The monoisotopic (exact) mass is 413 g/mol. The SMILES string of the molecule is Cc1cccc(Cl)c1-c1ncc2c(N)nc3cc(NCc4ccccc4)ccc3n12. The molecule has 0 saturated carbocycles. The highest BCUT2D eigenvalue weighted by atomic mass is 35.5. The van der Waals surface area contributed by atoms with Crippen LogP contribution in [0.2, 0.25) is 5.02 Å². The quantitative estimate of drug-likeness (QED) is 0.396. The number of hydrogen-bond donors (Lipinski definition) is 2. The zero-order valence-corrected chi connectivity index (χ0v) is 17.2. The fourth-order valence-electron chi connectivity index (χ4n) is 3.77. The van der Waals surface area contributed by atoms with E-state index >= 15 is 0 Å². The van der Waals surface area contributed by atoms with Crippen molar-refractivity contribution in [3.05, 3.63) is 89.1 Å². The molecule has 0 aliphatic rings. The third kappa shape index (κ3) is 3.13. The maximum atomic E-state index is 6.53. The van der Waals surface area contributed by atoms with Crippen molar-refractivity contribution in [3.8, 4) is 11.4 Å². The summed E-state index contributed by atoms with van der Waals surface area (Å²) < 4.78 is 2.03. The summed E-state index contributed by atoms with van der Waals surface area (Å²) in [5.41, 5.74) is 12.9. The van der Waals surface area contributed by atoms with Crippen molar-refractivity contribution in [2.75, 3.05) is 11.1 Å². The van der Waals surface area contributed by atoms with Gasteiger partial charge in [-0.3, -0.25) is 4.40 Å². The lowest BCUT2D eigenvalue weighted by atomic mass is 10.1. The van der Waals surface area contributed by atoms with E-state index in [0.29, 0.717) is 10.8 Å². The topological polar surface area (TPSA) is 68.2 Å². The van der Waals surface area contributed by atoms with Crippen molar-refractivity contribution in [1.82, 2.24) is 14.4 Å². The lowest BCUT2D eigenvalue weighted by Gasteiger charge is -2.12. The average molecular weight is 414 g/mol. The van der Waals surface area contributed by atoms with Crippen LogP contribution in [0.15, 0.2) is 72.9 Å². The minimum atomic E-state index is 0.436. The van der Waals surface area contributed by atoms with E-state index in [-0.39, 0.29) is 0 Å². The Labute approximate surface area is 179 Å². The van der Waals surface area contributed by atoms with Crippen LogP contribution in [0.4, 0.5) is 11.5 Å². The molecule has 2 aromatic heterocycles. The van der Waals surface area contributed by atoms with Crippen molar-refractivity contribution < 1.29 is 0 Å². The van der Waals surface area contributed by atoms with Crippen LogP contribution in [-0.4, -0.2) is 14.4 Å². The molecule has 0 spiro atoms. The van der Waals surface area contributed by atoms with Crippen molar-refractivity contribution in [3.63, 3.8) is 0 Å². The van der Waals surface area contributed by atoms with E-state index in [1.165, 1.54) is 5.56 Å². The van der Waals surface area contributed by atoms with Crippen LogP contribution in [0.5, 0.6) is 0 Å². The number of nitrogens with one attached hydrogen (secondary N) is 1. The fourth-order valence-corrected chi connectivity index (χ4v) is 4.07. The molecule has 0 bridgehead atoms. The summed E-state index contributed by atoms with van der Waals surface area (Å²) in [4.78, 5) is 9.25. The molecule has 30 heavy (non-hydrogen) atoms. The first-order valence-corrected chi connectivity index (χ1v) is 10.1. The van der Waals surface area contributed by atoms with Gasteiger partial charge in [0.1, 0.15) is 17.2 Å². The Kier molecular flexibility index (Phi) is 4.52. The number of halogens is 1. The Morgan fingerprint density at radius 2 is 1.83 bits per heavy atom. The van der Waals surface area contributed by atoms with Gasteiger partial charge in [-0.1, -0.05) is 54.1 Å². The molecule has 5 aromatic rings. The largest absolute Gasteiger partial charge is 0.382 e. The Morgan fingerprint density at radius 3 is 2.63 bits per heavy atom. The number of anilines is 2. The maximum absolute atomic E-state index is 6.53. The van der Waals surface area contributed by atoms with Crippen molar-refractivity contribution in [2.24, 2.45) is 0 Å². The third-order valence-corrected chi connectivity index (χ3v) is 5.58. The highest BCUT2D eigenvalue weighted by Gasteiger charge is 2.17. The zero-order valence-electron chi connectivity index (χ0n) is 16.4. The van der Waals surface area contributed by atoms with Crippen molar-refractivity contribution in [2.45, 2.75) is 13.5 Å². The van der Waals surface area contributed by atoms with Gasteiger partial charge >= 0.3 is 0 Å². The van der Waals surface area contributed by atoms with Gasteiger partial charge in [-0.05, 0) is 42.3 Å². The third-order valence-electron chi connectivity index (χ3n) is 5.27. The molecule has 0 amide bonds. The predicted octanol–water partition coefficient (Wildman–Crippen LogP) is 5.71. The van der Waals surface area contributed by atoms with Crippen LogP contribution in [-0.2, 0) is 6.54 Å². The smallest absolute Gasteiger partial charge is 0.150 e. The molecule has 0 aliphatic carbocycles. The number of nitrogens with zero attached hydrogens (tertiary/aromatic N) is 3. The van der Waals surface area contributed by atoms with E-state index in [4.69, 9.17) is 17.3 Å². The van der Waals surface area contributed by atoms with Gasteiger partial charge in [0.05, 0.1) is 22.3 Å². The number of nitrogen functional groups attached to an aromatic ring is 1. The number of aromatic nitrogens is 3. The molecule has 6 heteroatoms. The number of imidazole rings is 1. The molecule has 0 saturated heterocycles. The molecule has 3 N–H and O–H groups in total. The van der Waals surface area contributed by atoms with Crippen LogP contribution >= 0.6 is 11.6 Å². The summed E-state index contributed by atoms with van der Waals surface area (Å²) in [6.45, 7) is 2.76. The maximum Gasteiger partial charge on any atom is 0.150 e. The first-order chi connectivity index (χ1) is 14.6. The van der Waals surface area contributed by atoms with Gasteiger partial charge in [-0.15, -0.1) is 0 Å². The summed E-state index contributed by atoms with van der Waals surface area (Å²) in [5.74, 6) is 1.20. The van der Waals surface area contributed by atoms with E-state index < -0.39 is 0 Å². The second-order valence-electron chi connectivity index (χ2n) is 7.27. The van der Waals surface area contributed by atoms with Crippen molar-refractivity contribution >= 4 is 39.7 Å². The molecule has 2 heterocycles. The first kappa shape index (κ1) is 18.5. The zero-order chi connectivity index (χ0) is 20.7. The number of benzene rings is 3. The minimum absolute atomic E-state index is 0.436.